The Morgan fingerprint density at radius 2 is 1.81 bits per heavy atom. The Morgan fingerprint density at radius 1 is 1.14 bits per heavy atom. The van der Waals surface area contributed by atoms with Crippen LogP contribution in [-0.4, -0.2) is 15.6 Å². The minimum absolute atomic E-state index is 0.0920. The van der Waals surface area contributed by atoms with E-state index in [-0.39, 0.29) is 16.5 Å². The molecule has 0 aliphatic heterocycles. The highest BCUT2D eigenvalue weighted by atomic mass is 35.5. The summed E-state index contributed by atoms with van der Waals surface area (Å²) in [6.45, 7) is 0.382. The van der Waals surface area contributed by atoms with Crippen LogP contribution < -0.4 is 0 Å². The molecule has 2 aromatic carbocycles. The molecular weight excluding hydrogens is 293 g/mol. The number of carboxylic acid groups (broad SMARTS) is 1. The van der Waals surface area contributed by atoms with E-state index in [2.05, 4.69) is 0 Å². The highest BCUT2D eigenvalue weighted by molar-refractivity contribution is 6.35. The van der Waals surface area contributed by atoms with Crippen molar-refractivity contribution >= 4 is 28.5 Å². The molecular formula is C16H11ClFNO2. The second-order valence-corrected chi connectivity index (χ2v) is 5.06. The first-order chi connectivity index (χ1) is 10.1. The number of aromatic nitrogens is 1. The second-order valence-electron chi connectivity index (χ2n) is 4.70. The number of carboxylic acids is 1. The first-order valence-corrected chi connectivity index (χ1v) is 6.70. The van der Waals surface area contributed by atoms with Gasteiger partial charge in [-0.05, 0) is 23.8 Å². The van der Waals surface area contributed by atoms with Crippen molar-refractivity contribution in [3.05, 3.63) is 70.6 Å². The minimum atomic E-state index is -1.06. The molecule has 0 atom stereocenters. The zero-order valence-electron chi connectivity index (χ0n) is 10.9. The van der Waals surface area contributed by atoms with Crippen LogP contribution in [0.5, 0.6) is 0 Å². The predicted molar refractivity (Wildman–Crippen MR) is 79.4 cm³/mol. The Morgan fingerprint density at radius 3 is 2.48 bits per heavy atom. The predicted octanol–water partition coefficient (Wildman–Crippen LogP) is 4.18. The molecule has 5 heteroatoms. The van der Waals surface area contributed by atoms with E-state index in [0.717, 1.165) is 11.1 Å². The van der Waals surface area contributed by atoms with Crippen molar-refractivity contribution < 1.29 is 14.3 Å². The summed E-state index contributed by atoms with van der Waals surface area (Å²) in [6.07, 6.45) is 0. The zero-order chi connectivity index (χ0) is 15.0. The summed E-state index contributed by atoms with van der Waals surface area (Å²) in [5.74, 6) is -1.37. The maximum atomic E-state index is 13.0. The first kappa shape index (κ1) is 13.6. The van der Waals surface area contributed by atoms with E-state index >= 15 is 0 Å². The van der Waals surface area contributed by atoms with Gasteiger partial charge >= 0.3 is 5.97 Å². The van der Waals surface area contributed by atoms with Crippen LogP contribution in [-0.2, 0) is 6.54 Å². The van der Waals surface area contributed by atoms with Gasteiger partial charge in [0.1, 0.15) is 16.5 Å². The van der Waals surface area contributed by atoms with Gasteiger partial charge in [-0.1, -0.05) is 41.9 Å². The van der Waals surface area contributed by atoms with Crippen LogP contribution in [0.25, 0.3) is 10.9 Å². The van der Waals surface area contributed by atoms with Crippen molar-refractivity contribution in [2.24, 2.45) is 0 Å². The summed E-state index contributed by atoms with van der Waals surface area (Å²) in [4.78, 5) is 11.4. The lowest BCUT2D eigenvalue weighted by molar-refractivity contribution is 0.0699. The average Bonchev–Trinajstić information content (AvgIpc) is 2.74. The van der Waals surface area contributed by atoms with Crippen molar-refractivity contribution in [1.82, 2.24) is 4.57 Å². The van der Waals surface area contributed by atoms with E-state index in [1.54, 1.807) is 28.8 Å². The number of halogens is 2. The minimum Gasteiger partial charge on any atom is -0.478 e. The fourth-order valence-electron chi connectivity index (χ4n) is 2.40. The van der Waals surface area contributed by atoms with Gasteiger partial charge in [0.2, 0.25) is 0 Å². The summed E-state index contributed by atoms with van der Waals surface area (Å²) >= 11 is 6.24. The smallest absolute Gasteiger partial charge is 0.339 e. The molecule has 0 bridgehead atoms. The van der Waals surface area contributed by atoms with Crippen LogP contribution in [0.15, 0.2) is 48.5 Å². The molecule has 0 aliphatic rings. The molecule has 0 unspecified atom stereocenters. The van der Waals surface area contributed by atoms with Gasteiger partial charge in [0.15, 0.2) is 0 Å². The molecule has 0 spiro atoms. The Labute approximate surface area is 125 Å². The molecule has 0 saturated heterocycles. The third-order valence-electron chi connectivity index (χ3n) is 3.38. The summed E-state index contributed by atoms with van der Waals surface area (Å²) in [6, 6.07) is 13.2. The average molecular weight is 304 g/mol. The molecule has 1 heterocycles. The first-order valence-electron chi connectivity index (χ1n) is 6.32. The topological polar surface area (TPSA) is 42.2 Å². The Hall–Kier alpha value is -2.33. The molecule has 3 rings (SSSR count). The van der Waals surface area contributed by atoms with Crippen LogP contribution >= 0.6 is 11.6 Å². The van der Waals surface area contributed by atoms with Gasteiger partial charge in [-0.3, -0.25) is 0 Å². The molecule has 1 aromatic heterocycles. The van der Waals surface area contributed by atoms with Crippen LogP contribution in [0.1, 0.15) is 15.9 Å². The van der Waals surface area contributed by atoms with Gasteiger partial charge < -0.3 is 9.67 Å². The van der Waals surface area contributed by atoms with E-state index in [0.29, 0.717) is 11.9 Å². The monoisotopic (exact) mass is 303 g/mol. The van der Waals surface area contributed by atoms with E-state index in [1.807, 2.05) is 12.1 Å². The van der Waals surface area contributed by atoms with Gasteiger partial charge in [0.05, 0.1) is 5.52 Å². The van der Waals surface area contributed by atoms with Crippen molar-refractivity contribution in [3.63, 3.8) is 0 Å². The summed E-state index contributed by atoms with van der Waals surface area (Å²) in [5, 5.41) is 10.1. The van der Waals surface area contributed by atoms with Crippen LogP contribution in [0.4, 0.5) is 4.39 Å². The van der Waals surface area contributed by atoms with E-state index in [4.69, 9.17) is 11.6 Å². The number of benzene rings is 2. The molecule has 3 nitrogen and oxygen atoms in total. The largest absolute Gasteiger partial charge is 0.478 e. The molecule has 0 saturated carbocycles. The van der Waals surface area contributed by atoms with E-state index in [9.17, 15) is 14.3 Å². The highest BCUT2D eigenvalue weighted by Gasteiger charge is 2.20. The SMILES string of the molecule is O=C(O)c1c(Cl)n(Cc2ccc(F)cc2)c2ccccc12. The molecule has 3 aromatic rings. The lowest BCUT2D eigenvalue weighted by Crippen LogP contribution is -2.01. The van der Waals surface area contributed by atoms with Gasteiger partial charge in [-0.25, -0.2) is 9.18 Å². The molecule has 0 aliphatic carbocycles. The maximum absolute atomic E-state index is 13.0. The lowest BCUT2D eigenvalue weighted by Gasteiger charge is -2.07. The fourth-order valence-corrected chi connectivity index (χ4v) is 2.74. The Bertz CT molecular complexity index is 824. The number of hydrogen-bond acceptors (Lipinski definition) is 1. The van der Waals surface area contributed by atoms with Gasteiger partial charge in [-0.2, -0.15) is 0 Å². The van der Waals surface area contributed by atoms with Crippen molar-refractivity contribution in [2.45, 2.75) is 6.54 Å². The molecule has 1 N–H and O–H groups in total. The second kappa shape index (κ2) is 5.22. The number of nitrogens with zero attached hydrogens (tertiary/aromatic N) is 1. The third-order valence-corrected chi connectivity index (χ3v) is 3.77. The van der Waals surface area contributed by atoms with Crippen LogP contribution in [0, 0.1) is 5.82 Å². The molecule has 0 radical (unpaired) electrons. The van der Waals surface area contributed by atoms with E-state index < -0.39 is 5.97 Å². The number of rotatable bonds is 3. The summed E-state index contributed by atoms with van der Waals surface area (Å²) in [5.41, 5.74) is 1.68. The Kier molecular flexibility index (Phi) is 3.39. The number of aromatic carboxylic acids is 1. The molecule has 106 valence electrons. The fraction of sp³-hybridized carbons (Fsp3) is 0.0625. The van der Waals surface area contributed by atoms with Gasteiger partial charge in [0.25, 0.3) is 0 Å². The number of fused-ring (bicyclic) bond motifs is 1. The van der Waals surface area contributed by atoms with E-state index in [1.165, 1.54) is 12.1 Å². The molecule has 0 amide bonds. The molecule has 21 heavy (non-hydrogen) atoms. The number of para-hydroxylation sites is 1. The van der Waals surface area contributed by atoms with Crippen LogP contribution in [0.3, 0.4) is 0 Å². The zero-order valence-corrected chi connectivity index (χ0v) is 11.6. The Balaban J connectivity index is 2.16. The van der Waals surface area contributed by atoms with Crippen molar-refractivity contribution in [2.75, 3.05) is 0 Å². The maximum Gasteiger partial charge on any atom is 0.339 e. The van der Waals surface area contributed by atoms with Crippen LogP contribution in [0.2, 0.25) is 5.15 Å². The van der Waals surface area contributed by atoms with Gasteiger partial charge in [-0.15, -0.1) is 0 Å². The lowest BCUT2D eigenvalue weighted by atomic mass is 10.2. The normalized spacial score (nSPS) is 11.0. The quantitative estimate of drug-likeness (QED) is 0.788. The van der Waals surface area contributed by atoms with Gasteiger partial charge in [0, 0.05) is 11.9 Å². The van der Waals surface area contributed by atoms with Crippen molar-refractivity contribution in [1.29, 1.82) is 0 Å². The summed E-state index contributed by atoms with van der Waals surface area (Å²) in [7, 11) is 0. The highest BCUT2D eigenvalue weighted by Crippen LogP contribution is 2.30. The standard InChI is InChI=1S/C16H11ClFNO2/c17-15-14(16(20)21)12-3-1-2-4-13(12)19(15)9-10-5-7-11(18)8-6-10/h1-8H,9H2,(H,20,21). The summed E-state index contributed by atoms with van der Waals surface area (Å²) < 4.78 is 14.7. The number of carbonyl (C=O) groups is 1. The third kappa shape index (κ3) is 2.38. The van der Waals surface area contributed by atoms with Crippen molar-refractivity contribution in [3.8, 4) is 0 Å². The number of hydrogen-bond donors (Lipinski definition) is 1. The molecule has 0 fully saturated rings.